The molecule has 33 heavy (non-hydrogen) atoms. The van der Waals surface area contributed by atoms with E-state index in [0.29, 0.717) is 37.8 Å². The van der Waals surface area contributed by atoms with Crippen LogP contribution in [-0.4, -0.2) is 66.1 Å². The van der Waals surface area contributed by atoms with Crippen LogP contribution in [-0.2, 0) is 20.9 Å². The number of rotatable bonds is 6. The van der Waals surface area contributed by atoms with Crippen molar-refractivity contribution >= 4 is 40.4 Å². The first-order valence-corrected chi connectivity index (χ1v) is 11.4. The molecule has 0 atom stereocenters. The summed E-state index contributed by atoms with van der Waals surface area (Å²) in [5, 5.41) is 1.76. The third-order valence-corrected chi connectivity index (χ3v) is 6.40. The van der Waals surface area contributed by atoms with Crippen LogP contribution in [0.2, 0.25) is 5.02 Å². The molecular formula is C26H28ClN3O3. The first-order chi connectivity index (χ1) is 16.0. The summed E-state index contributed by atoms with van der Waals surface area (Å²) >= 11 is 6.61. The number of benzene rings is 2. The number of aromatic nitrogens is 1. The Bertz CT molecular complexity index is 1190. The number of piperazine rings is 1. The first kappa shape index (κ1) is 23.1. The number of halogens is 1. The number of methoxy groups -OCH3 is 1. The van der Waals surface area contributed by atoms with E-state index in [1.807, 2.05) is 24.3 Å². The number of hydrogen-bond acceptors (Lipinski definition) is 3. The monoisotopic (exact) mass is 465 g/mol. The highest BCUT2D eigenvalue weighted by Crippen LogP contribution is 2.34. The molecule has 1 fully saturated rings. The number of fused-ring (bicyclic) bond motifs is 1. The van der Waals surface area contributed by atoms with E-state index in [0.717, 1.165) is 34.1 Å². The SMILES string of the molecule is COCCn1ccc2cc(-c3c(Cl)cccc3/C=C/C(=O)N3CCN(C(C)=O)CC3)ccc21. The molecule has 4 rings (SSSR count). The van der Waals surface area contributed by atoms with Crippen LogP contribution in [0.15, 0.2) is 54.7 Å². The van der Waals surface area contributed by atoms with E-state index in [1.54, 1.807) is 29.9 Å². The lowest BCUT2D eigenvalue weighted by Crippen LogP contribution is -2.49. The summed E-state index contributed by atoms with van der Waals surface area (Å²) in [5.41, 5.74) is 3.92. The largest absolute Gasteiger partial charge is 0.383 e. The average molecular weight is 466 g/mol. The van der Waals surface area contributed by atoms with E-state index in [2.05, 4.69) is 35.0 Å². The van der Waals surface area contributed by atoms with Crippen molar-refractivity contribution in [1.29, 1.82) is 0 Å². The summed E-state index contributed by atoms with van der Waals surface area (Å²) in [6.45, 7) is 5.24. The van der Waals surface area contributed by atoms with Gasteiger partial charge in [0.15, 0.2) is 0 Å². The summed E-state index contributed by atoms with van der Waals surface area (Å²) in [7, 11) is 1.70. The quantitative estimate of drug-likeness (QED) is 0.510. The Morgan fingerprint density at radius 1 is 1.06 bits per heavy atom. The molecule has 0 radical (unpaired) electrons. The summed E-state index contributed by atoms with van der Waals surface area (Å²) in [6.07, 6.45) is 5.48. The summed E-state index contributed by atoms with van der Waals surface area (Å²) in [6, 6.07) is 14.1. The lowest BCUT2D eigenvalue weighted by molar-refractivity contribution is -0.135. The molecule has 0 saturated carbocycles. The van der Waals surface area contributed by atoms with Gasteiger partial charge in [0.1, 0.15) is 0 Å². The molecule has 1 saturated heterocycles. The average Bonchev–Trinajstić information content (AvgIpc) is 3.23. The molecule has 0 aliphatic carbocycles. The van der Waals surface area contributed by atoms with Gasteiger partial charge in [-0.2, -0.15) is 0 Å². The lowest BCUT2D eigenvalue weighted by atomic mass is 9.98. The maximum atomic E-state index is 12.7. The van der Waals surface area contributed by atoms with Crippen LogP contribution in [0.4, 0.5) is 0 Å². The van der Waals surface area contributed by atoms with Crippen molar-refractivity contribution in [3.8, 4) is 11.1 Å². The van der Waals surface area contributed by atoms with E-state index in [-0.39, 0.29) is 11.8 Å². The van der Waals surface area contributed by atoms with E-state index < -0.39 is 0 Å². The van der Waals surface area contributed by atoms with Crippen LogP contribution in [0.1, 0.15) is 12.5 Å². The highest BCUT2D eigenvalue weighted by Gasteiger charge is 2.21. The Morgan fingerprint density at radius 2 is 1.82 bits per heavy atom. The molecule has 6 nitrogen and oxygen atoms in total. The zero-order chi connectivity index (χ0) is 23.4. The molecule has 1 aliphatic heterocycles. The molecule has 3 aromatic rings. The van der Waals surface area contributed by atoms with E-state index in [4.69, 9.17) is 16.3 Å². The zero-order valence-electron chi connectivity index (χ0n) is 19.0. The van der Waals surface area contributed by atoms with Gasteiger partial charge in [-0.15, -0.1) is 0 Å². The molecule has 2 aromatic carbocycles. The van der Waals surface area contributed by atoms with Crippen molar-refractivity contribution in [2.75, 3.05) is 39.9 Å². The van der Waals surface area contributed by atoms with E-state index in [9.17, 15) is 9.59 Å². The fourth-order valence-corrected chi connectivity index (χ4v) is 4.52. The second kappa shape index (κ2) is 10.2. The number of amides is 2. The van der Waals surface area contributed by atoms with Gasteiger partial charge in [0.2, 0.25) is 11.8 Å². The van der Waals surface area contributed by atoms with Crippen molar-refractivity contribution in [3.63, 3.8) is 0 Å². The fraction of sp³-hybridized carbons (Fsp3) is 0.308. The first-order valence-electron chi connectivity index (χ1n) is 11.1. The maximum Gasteiger partial charge on any atom is 0.246 e. The topological polar surface area (TPSA) is 54.8 Å². The fourth-order valence-electron chi connectivity index (χ4n) is 4.23. The Hall–Kier alpha value is -3.09. The molecule has 0 spiro atoms. The van der Waals surface area contributed by atoms with Crippen molar-refractivity contribution < 1.29 is 14.3 Å². The van der Waals surface area contributed by atoms with Gasteiger partial charge < -0.3 is 19.1 Å². The molecule has 2 heterocycles. The minimum Gasteiger partial charge on any atom is -0.383 e. The van der Waals surface area contributed by atoms with Gasteiger partial charge in [-0.05, 0) is 41.5 Å². The molecular weight excluding hydrogens is 438 g/mol. The van der Waals surface area contributed by atoms with Crippen LogP contribution in [0, 0.1) is 0 Å². The predicted molar refractivity (Wildman–Crippen MR) is 132 cm³/mol. The minimum absolute atomic E-state index is 0.0484. The third kappa shape index (κ3) is 5.13. The van der Waals surface area contributed by atoms with Crippen LogP contribution >= 0.6 is 11.6 Å². The standard InChI is InChI=1S/C26H28ClN3O3/c1-19(31)28-12-14-30(15-13-28)25(32)9-7-20-4-3-5-23(27)26(20)22-6-8-24-21(18-22)10-11-29(24)16-17-33-2/h3-11,18H,12-17H2,1-2H3/b9-7+. The molecule has 1 aliphatic rings. The normalized spacial score (nSPS) is 14.4. The Kier molecular flexibility index (Phi) is 7.16. The van der Waals surface area contributed by atoms with Gasteiger partial charge >= 0.3 is 0 Å². The van der Waals surface area contributed by atoms with Crippen molar-refractivity contribution in [2.24, 2.45) is 0 Å². The van der Waals surface area contributed by atoms with Crippen LogP contribution in [0.25, 0.3) is 28.1 Å². The van der Waals surface area contributed by atoms with Gasteiger partial charge in [0, 0.05) is 80.5 Å². The zero-order valence-corrected chi connectivity index (χ0v) is 19.7. The Balaban J connectivity index is 1.56. The molecule has 7 heteroatoms. The Morgan fingerprint density at radius 3 is 2.55 bits per heavy atom. The molecule has 1 aromatic heterocycles. The van der Waals surface area contributed by atoms with Gasteiger partial charge in [-0.3, -0.25) is 9.59 Å². The van der Waals surface area contributed by atoms with Crippen LogP contribution in [0.5, 0.6) is 0 Å². The molecule has 2 amide bonds. The third-order valence-electron chi connectivity index (χ3n) is 6.08. The highest BCUT2D eigenvalue weighted by atomic mass is 35.5. The Labute approximate surface area is 199 Å². The van der Waals surface area contributed by atoms with E-state index >= 15 is 0 Å². The van der Waals surface area contributed by atoms with E-state index in [1.165, 1.54) is 0 Å². The second-order valence-electron chi connectivity index (χ2n) is 8.14. The van der Waals surface area contributed by atoms with Crippen LogP contribution in [0.3, 0.4) is 0 Å². The number of ether oxygens (including phenoxy) is 1. The van der Waals surface area contributed by atoms with Crippen molar-refractivity contribution in [3.05, 3.63) is 65.3 Å². The molecule has 172 valence electrons. The lowest BCUT2D eigenvalue weighted by Gasteiger charge is -2.33. The maximum absolute atomic E-state index is 12.7. The van der Waals surface area contributed by atoms with Gasteiger partial charge in [-0.1, -0.05) is 29.8 Å². The number of nitrogens with zero attached hydrogens (tertiary/aromatic N) is 3. The summed E-state index contributed by atoms with van der Waals surface area (Å²) in [5.74, 6) is -0.0120. The number of carbonyl (C=O) groups excluding carboxylic acids is 2. The van der Waals surface area contributed by atoms with Crippen molar-refractivity contribution in [2.45, 2.75) is 13.5 Å². The van der Waals surface area contributed by atoms with Gasteiger partial charge in [0.25, 0.3) is 0 Å². The smallest absolute Gasteiger partial charge is 0.246 e. The number of hydrogen-bond donors (Lipinski definition) is 0. The van der Waals surface area contributed by atoms with Gasteiger partial charge in [-0.25, -0.2) is 0 Å². The summed E-state index contributed by atoms with van der Waals surface area (Å²) < 4.78 is 7.37. The highest BCUT2D eigenvalue weighted by molar-refractivity contribution is 6.33. The second-order valence-corrected chi connectivity index (χ2v) is 8.55. The molecule has 0 N–H and O–H groups in total. The summed E-state index contributed by atoms with van der Waals surface area (Å²) in [4.78, 5) is 27.8. The van der Waals surface area contributed by atoms with Crippen molar-refractivity contribution in [1.82, 2.24) is 14.4 Å². The van der Waals surface area contributed by atoms with Gasteiger partial charge in [0.05, 0.1) is 6.61 Å². The molecule has 0 bridgehead atoms. The molecule has 0 unspecified atom stereocenters. The minimum atomic E-state index is -0.0604. The predicted octanol–water partition coefficient (Wildman–Crippen LogP) is 4.31. The number of carbonyl (C=O) groups is 2. The van der Waals surface area contributed by atoms with Crippen LogP contribution < -0.4 is 0 Å².